The summed E-state index contributed by atoms with van der Waals surface area (Å²) in [4.78, 5) is 0.617. The maximum Gasteiger partial charge on any atom is 0.154 e. The fraction of sp³-hybridized carbons (Fsp3) is 0.455. The van der Waals surface area contributed by atoms with Crippen molar-refractivity contribution in [2.75, 3.05) is 20.2 Å². The Morgan fingerprint density at radius 3 is 2.25 bits per heavy atom. The highest BCUT2D eigenvalue weighted by molar-refractivity contribution is 5.35. The van der Waals surface area contributed by atoms with Gasteiger partial charge < -0.3 is 9.94 Å². The minimum Gasteiger partial charge on any atom is -0.691 e. The Bertz CT molecular complexity index is 345. The van der Waals surface area contributed by atoms with Crippen molar-refractivity contribution in [2.45, 2.75) is 13.8 Å². The summed E-state index contributed by atoms with van der Waals surface area (Å²) in [7, 11) is 1.59. The Kier molecular flexibility index (Phi) is 4.57. The van der Waals surface area contributed by atoms with E-state index in [0.29, 0.717) is 23.6 Å². The molecule has 0 N–H and O–H groups in total. The summed E-state index contributed by atoms with van der Waals surface area (Å²) >= 11 is 0. The van der Waals surface area contributed by atoms with Crippen molar-refractivity contribution < 1.29 is 9.60 Å². The van der Waals surface area contributed by atoms with Crippen LogP contribution in [0.4, 0.5) is 5.69 Å². The molecule has 0 aliphatic heterocycles. The first-order chi connectivity index (χ1) is 7.71. The maximum absolute atomic E-state index is 11.6. The summed E-state index contributed by atoms with van der Waals surface area (Å²) in [6.07, 6.45) is 0. The predicted molar refractivity (Wildman–Crippen MR) is 61.6 cm³/mol. The van der Waals surface area contributed by atoms with Gasteiger partial charge in [0.05, 0.1) is 12.3 Å². The normalized spacial score (nSPS) is 11.3. The Hall–Kier alpha value is -1.78. The molecule has 88 valence electrons. The average molecular weight is 223 g/mol. The Morgan fingerprint density at radius 1 is 1.25 bits per heavy atom. The zero-order valence-corrected chi connectivity index (χ0v) is 9.88. The summed E-state index contributed by atoms with van der Waals surface area (Å²) in [5, 5.41) is 17.2. The molecule has 0 spiro atoms. The lowest BCUT2D eigenvalue weighted by Crippen LogP contribution is -2.18. The third-order valence-electron chi connectivity index (χ3n) is 2.23. The summed E-state index contributed by atoms with van der Waals surface area (Å²) in [5.41, 5.74) is 0.493. The first kappa shape index (κ1) is 12.3. The van der Waals surface area contributed by atoms with Crippen LogP contribution in [0.5, 0.6) is 5.75 Å². The van der Waals surface area contributed by atoms with Crippen LogP contribution < -0.4 is 4.74 Å². The molecule has 0 amide bonds. The van der Waals surface area contributed by atoms with E-state index in [1.54, 1.807) is 36.4 Å². The van der Waals surface area contributed by atoms with Crippen LogP contribution in [0.2, 0.25) is 0 Å². The number of ether oxygens (including phenoxy) is 1. The SMILES string of the molecule is CCN(CC)N=[N+]([O-])c1ccc(OC)cc1. The molecule has 16 heavy (non-hydrogen) atoms. The average Bonchev–Trinajstić information content (AvgIpc) is 2.35. The van der Waals surface area contributed by atoms with E-state index in [-0.39, 0.29) is 0 Å². The van der Waals surface area contributed by atoms with Crippen LogP contribution >= 0.6 is 0 Å². The van der Waals surface area contributed by atoms with Crippen LogP contribution in [0.3, 0.4) is 0 Å². The molecule has 1 aromatic rings. The summed E-state index contributed by atoms with van der Waals surface area (Å²) in [6.45, 7) is 5.33. The second kappa shape index (κ2) is 5.95. The van der Waals surface area contributed by atoms with Crippen molar-refractivity contribution in [3.05, 3.63) is 29.5 Å². The summed E-state index contributed by atoms with van der Waals surface area (Å²) < 4.78 is 5.01. The fourth-order valence-electron chi connectivity index (χ4n) is 1.23. The molecule has 0 bridgehead atoms. The van der Waals surface area contributed by atoms with Gasteiger partial charge in [-0.1, -0.05) is 0 Å². The second-order valence-corrected chi connectivity index (χ2v) is 3.20. The maximum atomic E-state index is 11.6. The van der Waals surface area contributed by atoms with Gasteiger partial charge in [0.25, 0.3) is 0 Å². The van der Waals surface area contributed by atoms with Gasteiger partial charge in [-0.25, -0.2) is 0 Å². The molecule has 0 fully saturated rings. The van der Waals surface area contributed by atoms with E-state index in [9.17, 15) is 5.21 Å². The Balaban J connectivity index is 2.82. The van der Waals surface area contributed by atoms with Gasteiger partial charge >= 0.3 is 0 Å². The van der Waals surface area contributed by atoms with Gasteiger partial charge in [0.1, 0.15) is 18.8 Å². The predicted octanol–water partition coefficient (Wildman–Crippen LogP) is 2.55. The first-order valence-corrected chi connectivity index (χ1v) is 5.29. The summed E-state index contributed by atoms with van der Waals surface area (Å²) in [6, 6.07) is 6.83. The molecular weight excluding hydrogens is 206 g/mol. The van der Waals surface area contributed by atoms with E-state index < -0.39 is 0 Å². The standard InChI is InChI=1S/C11H17N3O2/c1-4-13(5-2)12-14(15)10-6-8-11(16-3)9-7-10/h6-9H,4-5H2,1-3H3. The summed E-state index contributed by atoms with van der Waals surface area (Å²) in [5.74, 6) is 0.722. The highest BCUT2D eigenvalue weighted by atomic mass is 16.5. The molecule has 0 aliphatic rings. The van der Waals surface area contributed by atoms with Crippen molar-refractivity contribution in [1.82, 2.24) is 5.01 Å². The van der Waals surface area contributed by atoms with E-state index in [0.717, 1.165) is 5.75 Å². The van der Waals surface area contributed by atoms with E-state index in [2.05, 4.69) is 5.22 Å². The second-order valence-electron chi connectivity index (χ2n) is 3.20. The zero-order chi connectivity index (χ0) is 12.0. The van der Waals surface area contributed by atoms with Gasteiger partial charge in [0.15, 0.2) is 5.69 Å². The number of rotatable bonds is 5. The minimum atomic E-state index is 0.493. The monoisotopic (exact) mass is 223 g/mol. The molecule has 0 atom stereocenters. The molecule has 0 unspecified atom stereocenters. The highest BCUT2D eigenvalue weighted by Crippen LogP contribution is 2.17. The molecule has 5 heteroatoms. The van der Waals surface area contributed by atoms with Crippen LogP contribution in [0.15, 0.2) is 29.5 Å². The van der Waals surface area contributed by atoms with Gasteiger partial charge in [0.2, 0.25) is 0 Å². The minimum absolute atomic E-state index is 0.493. The lowest BCUT2D eigenvalue weighted by atomic mass is 10.3. The molecule has 0 aliphatic carbocycles. The lowest BCUT2D eigenvalue weighted by Gasteiger charge is -2.11. The van der Waals surface area contributed by atoms with Crippen LogP contribution in [0.1, 0.15) is 13.8 Å². The van der Waals surface area contributed by atoms with Crippen LogP contribution in [-0.2, 0) is 0 Å². The largest absolute Gasteiger partial charge is 0.691 e. The topological polar surface area (TPSA) is 50.9 Å². The number of benzene rings is 1. The van der Waals surface area contributed by atoms with Crippen molar-refractivity contribution >= 4 is 5.69 Å². The molecular formula is C11H17N3O2. The third kappa shape index (κ3) is 3.12. The quantitative estimate of drug-likeness (QED) is 0.438. The highest BCUT2D eigenvalue weighted by Gasteiger charge is 2.04. The third-order valence-corrected chi connectivity index (χ3v) is 2.23. The van der Waals surface area contributed by atoms with Crippen molar-refractivity contribution in [3.8, 4) is 5.75 Å². The molecule has 5 nitrogen and oxygen atoms in total. The number of hydrogen-bond acceptors (Lipinski definition) is 3. The van der Waals surface area contributed by atoms with Gasteiger partial charge in [-0.3, -0.25) is 0 Å². The van der Waals surface area contributed by atoms with E-state index in [4.69, 9.17) is 4.74 Å². The van der Waals surface area contributed by atoms with Crippen LogP contribution in [-0.4, -0.2) is 30.1 Å². The Morgan fingerprint density at radius 2 is 1.81 bits per heavy atom. The van der Waals surface area contributed by atoms with Gasteiger partial charge in [0, 0.05) is 0 Å². The number of methoxy groups -OCH3 is 1. The fourth-order valence-corrected chi connectivity index (χ4v) is 1.23. The lowest BCUT2D eigenvalue weighted by molar-refractivity contribution is -0.461. The van der Waals surface area contributed by atoms with Crippen LogP contribution in [0, 0.1) is 5.21 Å². The van der Waals surface area contributed by atoms with E-state index >= 15 is 0 Å². The van der Waals surface area contributed by atoms with Crippen molar-refractivity contribution in [2.24, 2.45) is 5.22 Å². The zero-order valence-electron chi connectivity index (χ0n) is 9.88. The van der Waals surface area contributed by atoms with Gasteiger partial charge in [-0.15, -0.1) is 4.86 Å². The number of hydrogen-bond donors (Lipinski definition) is 0. The molecule has 0 radical (unpaired) electrons. The smallest absolute Gasteiger partial charge is 0.154 e. The van der Waals surface area contributed by atoms with Crippen molar-refractivity contribution in [3.63, 3.8) is 0 Å². The molecule has 0 aromatic heterocycles. The number of nitrogens with zero attached hydrogens (tertiary/aromatic N) is 3. The molecule has 1 rings (SSSR count). The van der Waals surface area contributed by atoms with E-state index in [1.807, 2.05) is 13.8 Å². The van der Waals surface area contributed by atoms with Crippen LogP contribution in [0.25, 0.3) is 0 Å². The van der Waals surface area contributed by atoms with E-state index in [1.165, 1.54) is 0 Å². The van der Waals surface area contributed by atoms with Gasteiger partial charge in [-0.05, 0) is 38.1 Å². The molecule has 1 aromatic carbocycles. The molecule has 0 heterocycles. The van der Waals surface area contributed by atoms with Crippen molar-refractivity contribution in [1.29, 1.82) is 0 Å². The molecule has 0 saturated carbocycles. The Labute approximate surface area is 95.5 Å². The first-order valence-electron chi connectivity index (χ1n) is 5.29. The molecule has 0 saturated heterocycles. The van der Waals surface area contributed by atoms with Gasteiger partial charge in [-0.2, -0.15) is 5.01 Å².